The average molecular weight is 378 g/mol. The molecule has 0 radical (unpaired) electrons. The first-order valence-corrected chi connectivity index (χ1v) is 10.1. The topological polar surface area (TPSA) is 58.6 Å². The van der Waals surface area contributed by atoms with E-state index in [1.54, 1.807) is 0 Å². The summed E-state index contributed by atoms with van der Waals surface area (Å²) in [4.78, 5) is 27.7. The van der Waals surface area contributed by atoms with Gasteiger partial charge in [-0.3, -0.25) is 9.59 Å². The van der Waals surface area contributed by atoms with Gasteiger partial charge in [-0.2, -0.15) is 0 Å². The van der Waals surface area contributed by atoms with Gasteiger partial charge in [-0.1, -0.05) is 31.0 Å². The molecular weight excluding hydrogens is 352 g/mol. The van der Waals surface area contributed by atoms with Crippen molar-refractivity contribution in [2.75, 3.05) is 18.4 Å². The predicted molar refractivity (Wildman–Crippen MR) is 108 cm³/mol. The summed E-state index contributed by atoms with van der Waals surface area (Å²) in [5, 5.41) is 2.93. The molecule has 1 saturated carbocycles. The largest absolute Gasteiger partial charge is 0.457 e. The van der Waals surface area contributed by atoms with E-state index >= 15 is 0 Å². The highest BCUT2D eigenvalue weighted by atomic mass is 16.5. The van der Waals surface area contributed by atoms with Crippen LogP contribution in [0.25, 0.3) is 0 Å². The molecule has 1 heterocycles. The molecule has 2 aliphatic rings. The number of nitrogens with zero attached hydrogens (tertiary/aromatic N) is 1. The third-order valence-corrected chi connectivity index (χ3v) is 5.58. The maximum atomic E-state index is 13.0. The summed E-state index contributed by atoms with van der Waals surface area (Å²) < 4.78 is 5.77. The number of ether oxygens (including phenoxy) is 1. The monoisotopic (exact) mass is 378 g/mol. The van der Waals surface area contributed by atoms with E-state index in [1.165, 1.54) is 12.8 Å². The number of nitrogens with one attached hydrogen (secondary N) is 1. The molecule has 146 valence electrons. The summed E-state index contributed by atoms with van der Waals surface area (Å²) in [6.45, 7) is 1.55. The van der Waals surface area contributed by atoms with Gasteiger partial charge in [0.25, 0.3) is 0 Å². The zero-order valence-corrected chi connectivity index (χ0v) is 16.0. The van der Waals surface area contributed by atoms with E-state index in [9.17, 15) is 9.59 Å². The number of hydrogen-bond acceptors (Lipinski definition) is 3. The van der Waals surface area contributed by atoms with Crippen LogP contribution in [0.1, 0.15) is 38.5 Å². The Morgan fingerprint density at radius 2 is 1.43 bits per heavy atom. The highest BCUT2D eigenvalue weighted by molar-refractivity contribution is 6.13. The van der Waals surface area contributed by atoms with Crippen molar-refractivity contribution in [3.8, 4) is 11.5 Å². The van der Waals surface area contributed by atoms with Crippen molar-refractivity contribution in [3.63, 3.8) is 0 Å². The molecule has 1 aliphatic heterocycles. The van der Waals surface area contributed by atoms with Crippen molar-refractivity contribution < 1.29 is 14.3 Å². The molecule has 0 unspecified atom stereocenters. The molecule has 2 aromatic rings. The van der Waals surface area contributed by atoms with Crippen LogP contribution >= 0.6 is 0 Å². The Bertz CT molecular complexity index is 821. The second-order valence-electron chi connectivity index (χ2n) is 7.68. The van der Waals surface area contributed by atoms with Crippen LogP contribution in [-0.4, -0.2) is 29.8 Å². The second-order valence-corrected chi connectivity index (χ2v) is 7.68. The van der Waals surface area contributed by atoms with Crippen LogP contribution in [-0.2, 0) is 9.59 Å². The molecule has 2 aromatic carbocycles. The molecule has 0 spiro atoms. The lowest BCUT2D eigenvalue weighted by Crippen LogP contribution is -2.43. The fraction of sp³-hybridized carbons (Fsp3) is 0.391. The van der Waals surface area contributed by atoms with Crippen LogP contribution in [0.4, 0.5) is 5.69 Å². The predicted octanol–water partition coefficient (Wildman–Crippen LogP) is 4.60. The molecule has 1 N–H and O–H groups in total. The fourth-order valence-electron chi connectivity index (χ4n) is 3.72. The number of likely N-dealkylation sites (tertiary alicyclic amines) is 1. The highest BCUT2D eigenvalue weighted by Gasteiger charge is 2.57. The van der Waals surface area contributed by atoms with E-state index in [2.05, 4.69) is 5.32 Å². The third kappa shape index (κ3) is 4.03. The molecule has 4 rings (SSSR count). The van der Waals surface area contributed by atoms with Crippen molar-refractivity contribution in [2.45, 2.75) is 38.5 Å². The molecule has 0 aromatic heterocycles. The van der Waals surface area contributed by atoms with Crippen molar-refractivity contribution in [1.82, 2.24) is 4.90 Å². The van der Waals surface area contributed by atoms with Gasteiger partial charge in [0, 0.05) is 18.8 Å². The lowest BCUT2D eigenvalue weighted by molar-refractivity contribution is -0.142. The smallest absolute Gasteiger partial charge is 0.240 e. The van der Waals surface area contributed by atoms with Gasteiger partial charge >= 0.3 is 0 Å². The molecule has 28 heavy (non-hydrogen) atoms. The lowest BCUT2D eigenvalue weighted by Gasteiger charge is -2.25. The van der Waals surface area contributed by atoms with Gasteiger partial charge in [-0.15, -0.1) is 0 Å². The summed E-state index contributed by atoms with van der Waals surface area (Å²) in [7, 11) is 0. The minimum Gasteiger partial charge on any atom is -0.457 e. The van der Waals surface area contributed by atoms with Gasteiger partial charge in [0.05, 0.1) is 0 Å². The highest BCUT2D eigenvalue weighted by Crippen LogP contribution is 2.48. The lowest BCUT2D eigenvalue weighted by atomic mass is 10.0. The maximum absolute atomic E-state index is 13.0. The quantitative estimate of drug-likeness (QED) is 0.774. The molecule has 1 aliphatic carbocycles. The van der Waals surface area contributed by atoms with Gasteiger partial charge < -0.3 is 15.0 Å². The van der Waals surface area contributed by atoms with Crippen molar-refractivity contribution in [2.24, 2.45) is 5.41 Å². The number of anilines is 1. The minimum absolute atomic E-state index is 0.0101. The first kappa shape index (κ1) is 18.5. The van der Waals surface area contributed by atoms with Gasteiger partial charge in [0.1, 0.15) is 16.9 Å². The van der Waals surface area contributed by atoms with E-state index in [1.807, 2.05) is 59.5 Å². The average Bonchev–Trinajstić information content (AvgIpc) is 3.55. The Balaban J connectivity index is 1.38. The Hall–Kier alpha value is -2.82. The Labute approximate surface area is 165 Å². The molecule has 5 nitrogen and oxygen atoms in total. The minimum atomic E-state index is -0.858. The Kier molecular flexibility index (Phi) is 5.33. The summed E-state index contributed by atoms with van der Waals surface area (Å²) in [6.07, 6.45) is 5.69. The van der Waals surface area contributed by atoms with Crippen LogP contribution < -0.4 is 10.1 Å². The van der Waals surface area contributed by atoms with Gasteiger partial charge in [-0.05, 0) is 62.1 Å². The summed E-state index contributed by atoms with van der Waals surface area (Å²) >= 11 is 0. The Morgan fingerprint density at radius 1 is 0.821 bits per heavy atom. The summed E-state index contributed by atoms with van der Waals surface area (Å²) in [5.74, 6) is 1.29. The number of hydrogen-bond donors (Lipinski definition) is 1. The zero-order valence-electron chi connectivity index (χ0n) is 16.0. The zero-order chi connectivity index (χ0) is 19.4. The van der Waals surface area contributed by atoms with E-state index in [4.69, 9.17) is 4.74 Å². The number of carbonyl (C=O) groups is 2. The fourth-order valence-corrected chi connectivity index (χ4v) is 3.72. The SMILES string of the molecule is O=C(Nc1ccc(Oc2ccccc2)cc1)C1(C(=O)N2CCCCCC2)CC1. The molecule has 2 amide bonds. The molecule has 0 bridgehead atoms. The number of benzene rings is 2. The van der Waals surface area contributed by atoms with Crippen LogP contribution in [0, 0.1) is 5.41 Å². The van der Waals surface area contributed by atoms with E-state index in [-0.39, 0.29) is 11.8 Å². The van der Waals surface area contributed by atoms with E-state index < -0.39 is 5.41 Å². The van der Waals surface area contributed by atoms with Crippen LogP contribution in [0.15, 0.2) is 54.6 Å². The first-order valence-electron chi connectivity index (χ1n) is 10.1. The van der Waals surface area contributed by atoms with Crippen LogP contribution in [0.5, 0.6) is 11.5 Å². The second kappa shape index (κ2) is 8.05. The number of amides is 2. The number of carbonyl (C=O) groups excluding carboxylic acids is 2. The first-order chi connectivity index (χ1) is 13.7. The number of rotatable bonds is 5. The molecule has 0 atom stereocenters. The van der Waals surface area contributed by atoms with E-state index in [0.29, 0.717) is 24.3 Å². The third-order valence-electron chi connectivity index (χ3n) is 5.58. The Morgan fingerprint density at radius 3 is 2.04 bits per heavy atom. The summed E-state index contributed by atoms with van der Waals surface area (Å²) in [5.41, 5.74) is -0.177. The molecular formula is C23H26N2O3. The van der Waals surface area contributed by atoms with E-state index in [0.717, 1.165) is 31.7 Å². The molecule has 1 saturated heterocycles. The van der Waals surface area contributed by atoms with Crippen LogP contribution in [0.2, 0.25) is 0 Å². The maximum Gasteiger partial charge on any atom is 0.240 e. The van der Waals surface area contributed by atoms with Crippen molar-refractivity contribution in [3.05, 3.63) is 54.6 Å². The van der Waals surface area contributed by atoms with Crippen molar-refractivity contribution >= 4 is 17.5 Å². The normalized spacial score (nSPS) is 18.1. The van der Waals surface area contributed by atoms with Crippen molar-refractivity contribution in [1.29, 1.82) is 0 Å². The van der Waals surface area contributed by atoms with Gasteiger partial charge in [-0.25, -0.2) is 0 Å². The standard InChI is InChI=1S/C23H26N2O3/c26-21(23(14-15-23)22(27)25-16-6-1-2-7-17-25)24-18-10-12-20(13-11-18)28-19-8-4-3-5-9-19/h3-5,8-13H,1-2,6-7,14-17H2,(H,24,26). The van der Waals surface area contributed by atoms with Crippen LogP contribution in [0.3, 0.4) is 0 Å². The number of para-hydroxylation sites is 1. The van der Waals surface area contributed by atoms with Gasteiger partial charge in [0.2, 0.25) is 11.8 Å². The molecule has 5 heteroatoms. The van der Waals surface area contributed by atoms with Gasteiger partial charge in [0.15, 0.2) is 0 Å². The summed E-state index contributed by atoms with van der Waals surface area (Å²) in [6, 6.07) is 16.8. The molecule has 2 fully saturated rings.